The quantitative estimate of drug-likeness (QED) is 0.835. The Labute approximate surface area is 143 Å². The van der Waals surface area contributed by atoms with Crippen LogP contribution in [-0.2, 0) is 0 Å². The lowest BCUT2D eigenvalue weighted by molar-refractivity contribution is 0.127. The number of piperazine rings is 1. The molecule has 1 saturated heterocycles. The average Bonchev–Trinajstić information content (AvgIpc) is 2.64. The number of ether oxygens (including phenoxy) is 2. The first-order valence-corrected chi connectivity index (χ1v) is 8.13. The van der Waals surface area contributed by atoms with Crippen LogP contribution in [0.5, 0.6) is 11.8 Å². The van der Waals surface area contributed by atoms with Crippen molar-refractivity contribution in [1.29, 1.82) is 0 Å². The number of nitrogens with zero attached hydrogens (tertiary/aromatic N) is 4. The van der Waals surface area contributed by atoms with E-state index in [4.69, 9.17) is 9.47 Å². The molecular weight excluding hydrogens is 304 g/mol. The van der Waals surface area contributed by atoms with Crippen LogP contribution in [0.15, 0.2) is 36.7 Å². The van der Waals surface area contributed by atoms with Crippen molar-refractivity contribution < 1.29 is 9.47 Å². The molecule has 0 aliphatic carbocycles. The van der Waals surface area contributed by atoms with Gasteiger partial charge >= 0.3 is 0 Å². The monoisotopic (exact) mass is 328 g/mol. The van der Waals surface area contributed by atoms with Crippen molar-refractivity contribution in [1.82, 2.24) is 19.8 Å². The Balaban J connectivity index is 1.92. The fraction of sp³-hybridized carbons (Fsp3) is 0.444. The molecule has 0 spiro atoms. The van der Waals surface area contributed by atoms with E-state index in [0.29, 0.717) is 11.8 Å². The lowest BCUT2D eigenvalue weighted by Crippen LogP contribution is -2.46. The van der Waals surface area contributed by atoms with Crippen LogP contribution in [0.25, 0.3) is 0 Å². The van der Waals surface area contributed by atoms with Gasteiger partial charge < -0.3 is 14.4 Å². The summed E-state index contributed by atoms with van der Waals surface area (Å²) < 4.78 is 10.4. The molecule has 0 amide bonds. The van der Waals surface area contributed by atoms with Gasteiger partial charge in [-0.25, -0.2) is 9.97 Å². The lowest BCUT2D eigenvalue weighted by atomic mass is 9.99. The van der Waals surface area contributed by atoms with E-state index in [1.807, 2.05) is 24.5 Å². The van der Waals surface area contributed by atoms with Crippen LogP contribution in [0.3, 0.4) is 0 Å². The number of aromatic nitrogens is 2. The molecule has 3 heterocycles. The Hall–Kier alpha value is -2.18. The molecule has 128 valence electrons. The average molecular weight is 328 g/mol. The van der Waals surface area contributed by atoms with Gasteiger partial charge in [0.05, 0.1) is 20.3 Å². The van der Waals surface area contributed by atoms with Gasteiger partial charge in [-0.15, -0.1) is 0 Å². The zero-order valence-corrected chi connectivity index (χ0v) is 14.5. The molecule has 0 unspecified atom stereocenters. The summed E-state index contributed by atoms with van der Waals surface area (Å²) in [4.78, 5) is 13.6. The Morgan fingerprint density at radius 1 is 0.833 bits per heavy atom. The van der Waals surface area contributed by atoms with Gasteiger partial charge in [0.25, 0.3) is 0 Å². The van der Waals surface area contributed by atoms with Crippen molar-refractivity contribution in [3.05, 3.63) is 47.8 Å². The van der Waals surface area contributed by atoms with Crippen LogP contribution in [0.4, 0.5) is 0 Å². The third kappa shape index (κ3) is 3.66. The second kappa shape index (κ2) is 7.59. The summed E-state index contributed by atoms with van der Waals surface area (Å²) >= 11 is 0. The second-order valence-corrected chi connectivity index (χ2v) is 6.01. The molecule has 1 aliphatic rings. The topological polar surface area (TPSA) is 50.7 Å². The largest absolute Gasteiger partial charge is 0.481 e. The summed E-state index contributed by atoms with van der Waals surface area (Å²) in [5.74, 6) is 1.26. The first kappa shape index (κ1) is 16.7. The molecule has 2 aromatic rings. The van der Waals surface area contributed by atoms with Crippen LogP contribution in [0.2, 0.25) is 0 Å². The smallest absolute Gasteiger partial charge is 0.212 e. The Morgan fingerprint density at radius 2 is 1.33 bits per heavy atom. The molecule has 0 radical (unpaired) electrons. The van der Waals surface area contributed by atoms with Gasteiger partial charge in [0.1, 0.15) is 0 Å². The molecule has 0 atom stereocenters. The van der Waals surface area contributed by atoms with E-state index in [2.05, 4.69) is 38.9 Å². The van der Waals surface area contributed by atoms with Crippen molar-refractivity contribution in [2.45, 2.75) is 6.04 Å². The molecular formula is C18H24N4O2. The Bertz CT molecular complexity index is 590. The number of rotatable bonds is 5. The molecule has 1 aliphatic heterocycles. The maximum Gasteiger partial charge on any atom is 0.212 e. The van der Waals surface area contributed by atoms with E-state index in [1.165, 1.54) is 0 Å². The summed E-state index contributed by atoms with van der Waals surface area (Å²) in [5.41, 5.74) is 2.29. The Morgan fingerprint density at radius 3 is 1.71 bits per heavy atom. The second-order valence-electron chi connectivity index (χ2n) is 6.01. The Kier molecular flexibility index (Phi) is 5.27. The van der Waals surface area contributed by atoms with Crippen LogP contribution in [0.1, 0.15) is 17.2 Å². The number of pyridine rings is 2. The van der Waals surface area contributed by atoms with Crippen LogP contribution < -0.4 is 9.47 Å². The van der Waals surface area contributed by atoms with E-state index in [9.17, 15) is 0 Å². The van der Waals surface area contributed by atoms with E-state index in [0.717, 1.165) is 37.3 Å². The van der Waals surface area contributed by atoms with E-state index in [1.54, 1.807) is 14.2 Å². The van der Waals surface area contributed by atoms with Crippen LogP contribution >= 0.6 is 0 Å². The van der Waals surface area contributed by atoms with Crippen molar-refractivity contribution in [2.75, 3.05) is 47.4 Å². The maximum atomic E-state index is 5.18. The van der Waals surface area contributed by atoms with Gasteiger partial charge in [0, 0.05) is 50.7 Å². The summed E-state index contributed by atoms with van der Waals surface area (Å²) in [5, 5.41) is 0. The minimum absolute atomic E-state index is 0.135. The minimum Gasteiger partial charge on any atom is -0.481 e. The highest BCUT2D eigenvalue weighted by Crippen LogP contribution is 2.30. The molecule has 24 heavy (non-hydrogen) atoms. The summed E-state index contributed by atoms with van der Waals surface area (Å²) in [6.07, 6.45) is 3.79. The number of hydrogen-bond acceptors (Lipinski definition) is 6. The first-order chi connectivity index (χ1) is 11.7. The van der Waals surface area contributed by atoms with E-state index >= 15 is 0 Å². The standard InChI is InChI=1S/C18H24N4O2/c1-21-8-10-22(11-9-21)18(14-4-6-16(23-2)19-12-14)15-5-7-17(24-3)20-13-15/h4-7,12-13,18H,8-11H2,1-3H3. The third-order valence-electron chi connectivity index (χ3n) is 4.47. The molecule has 0 N–H and O–H groups in total. The molecule has 0 bridgehead atoms. The molecule has 0 saturated carbocycles. The first-order valence-electron chi connectivity index (χ1n) is 8.13. The lowest BCUT2D eigenvalue weighted by Gasteiger charge is -2.38. The van der Waals surface area contributed by atoms with Gasteiger partial charge in [-0.05, 0) is 18.2 Å². The molecule has 6 heteroatoms. The van der Waals surface area contributed by atoms with Crippen LogP contribution in [0, 0.1) is 0 Å². The number of likely N-dealkylation sites (N-methyl/N-ethyl adjacent to an activating group) is 1. The highest BCUT2D eigenvalue weighted by molar-refractivity contribution is 5.32. The SMILES string of the molecule is COc1ccc(C(c2ccc(OC)nc2)N2CCN(C)CC2)cn1. The molecule has 3 rings (SSSR count). The van der Waals surface area contributed by atoms with Gasteiger partial charge in [0.15, 0.2) is 0 Å². The molecule has 0 aromatic carbocycles. The normalized spacial score (nSPS) is 16.3. The maximum absolute atomic E-state index is 5.18. The van der Waals surface area contributed by atoms with Crippen molar-refractivity contribution in [2.24, 2.45) is 0 Å². The fourth-order valence-corrected chi connectivity index (χ4v) is 3.04. The van der Waals surface area contributed by atoms with Gasteiger partial charge in [-0.2, -0.15) is 0 Å². The van der Waals surface area contributed by atoms with E-state index in [-0.39, 0.29) is 6.04 Å². The summed E-state index contributed by atoms with van der Waals surface area (Å²) in [6.45, 7) is 4.14. The van der Waals surface area contributed by atoms with Crippen molar-refractivity contribution in [3.63, 3.8) is 0 Å². The highest BCUT2D eigenvalue weighted by atomic mass is 16.5. The molecule has 6 nitrogen and oxygen atoms in total. The predicted octanol–water partition coefficient (Wildman–Crippen LogP) is 1.83. The summed E-state index contributed by atoms with van der Waals surface area (Å²) in [7, 11) is 5.43. The number of methoxy groups -OCH3 is 2. The predicted molar refractivity (Wildman–Crippen MR) is 92.5 cm³/mol. The van der Waals surface area contributed by atoms with Gasteiger partial charge in [0.2, 0.25) is 11.8 Å². The van der Waals surface area contributed by atoms with Gasteiger partial charge in [-0.3, -0.25) is 4.90 Å². The molecule has 2 aromatic heterocycles. The van der Waals surface area contributed by atoms with E-state index < -0.39 is 0 Å². The van der Waals surface area contributed by atoms with Gasteiger partial charge in [-0.1, -0.05) is 12.1 Å². The van der Waals surface area contributed by atoms with Crippen LogP contribution in [-0.4, -0.2) is 67.2 Å². The zero-order chi connectivity index (χ0) is 16.9. The number of hydrogen-bond donors (Lipinski definition) is 0. The minimum atomic E-state index is 0.135. The highest BCUT2D eigenvalue weighted by Gasteiger charge is 2.26. The third-order valence-corrected chi connectivity index (χ3v) is 4.47. The zero-order valence-electron chi connectivity index (χ0n) is 14.5. The van der Waals surface area contributed by atoms with Crippen molar-refractivity contribution >= 4 is 0 Å². The summed E-state index contributed by atoms with van der Waals surface area (Å²) in [6, 6.07) is 8.12. The molecule has 1 fully saturated rings. The van der Waals surface area contributed by atoms with Crippen molar-refractivity contribution in [3.8, 4) is 11.8 Å². The fourth-order valence-electron chi connectivity index (χ4n) is 3.04.